The first-order valence-electron chi connectivity index (χ1n) is 6.07. The first kappa shape index (κ1) is 15.0. The second-order valence-corrected chi connectivity index (χ2v) is 4.53. The fourth-order valence-electron chi connectivity index (χ4n) is 1.76. The number of carbonyl (C=O) groups is 2. The summed E-state index contributed by atoms with van der Waals surface area (Å²) in [6, 6.07) is 5.70. The van der Waals surface area contributed by atoms with Crippen LogP contribution in [0.15, 0.2) is 18.2 Å². The first-order valence-corrected chi connectivity index (χ1v) is 6.07. The van der Waals surface area contributed by atoms with Crippen LogP contribution < -0.4 is 10.1 Å². The van der Waals surface area contributed by atoms with Gasteiger partial charge in [0.05, 0.1) is 13.5 Å². The van der Waals surface area contributed by atoms with Gasteiger partial charge in [0.25, 0.3) is 0 Å². The summed E-state index contributed by atoms with van der Waals surface area (Å²) in [6.45, 7) is 3.88. The molecular formula is C14H19NO4. The summed E-state index contributed by atoms with van der Waals surface area (Å²) in [4.78, 5) is 22.3. The van der Waals surface area contributed by atoms with Gasteiger partial charge in [-0.05, 0) is 13.0 Å². The van der Waals surface area contributed by atoms with E-state index < -0.39 is 11.9 Å². The van der Waals surface area contributed by atoms with E-state index in [0.29, 0.717) is 12.3 Å². The van der Waals surface area contributed by atoms with Crippen molar-refractivity contribution >= 4 is 11.9 Å². The molecule has 19 heavy (non-hydrogen) atoms. The number of ether oxygens (including phenoxy) is 1. The molecule has 5 nitrogen and oxygen atoms in total. The molecule has 0 aromatic heterocycles. The SMILES string of the molecule is COc1ccc(C)cc1CNC(=O)C(C)CC(=O)O. The minimum Gasteiger partial charge on any atom is -0.496 e. The Hall–Kier alpha value is -2.04. The molecule has 1 atom stereocenters. The highest BCUT2D eigenvalue weighted by atomic mass is 16.5. The van der Waals surface area contributed by atoms with Crippen molar-refractivity contribution in [1.29, 1.82) is 0 Å². The van der Waals surface area contributed by atoms with Crippen LogP contribution in [0.2, 0.25) is 0 Å². The zero-order valence-electron chi connectivity index (χ0n) is 11.4. The predicted molar refractivity (Wildman–Crippen MR) is 71.0 cm³/mol. The van der Waals surface area contributed by atoms with Crippen molar-refractivity contribution in [3.05, 3.63) is 29.3 Å². The van der Waals surface area contributed by atoms with Crippen LogP contribution in [0.1, 0.15) is 24.5 Å². The number of aliphatic carboxylic acids is 1. The predicted octanol–water partition coefficient (Wildman–Crippen LogP) is 1.73. The molecule has 5 heteroatoms. The van der Waals surface area contributed by atoms with Gasteiger partial charge in [0.1, 0.15) is 5.75 Å². The van der Waals surface area contributed by atoms with Gasteiger partial charge < -0.3 is 15.2 Å². The molecule has 1 amide bonds. The summed E-state index contributed by atoms with van der Waals surface area (Å²) in [5, 5.41) is 11.4. The van der Waals surface area contributed by atoms with Crippen molar-refractivity contribution in [3.8, 4) is 5.75 Å². The molecule has 0 radical (unpaired) electrons. The van der Waals surface area contributed by atoms with Gasteiger partial charge in [-0.25, -0.2) is 0 Å². The molecular weight excluding hydrogens is 246 g/mol. The van der Waals surface area contributed by atoms with Crippen LogP contribution >= 0.6 is 0 Å². The molecule has 0 spiro atoms. The van der Waals surface area contributed by atoms with Crippen LogP contribution in [0.25, 0.3) is 0 Å². The van der Waals surface area contributed by atoms with E-state index >= 15 is 0 Å². The second kappa shape index (κ2) is 6.78. The molecule has 1 aromatic carbocycles. The highest BCUT2D eigenvalue weighted by Crippen LogP contribution is 2.19. The molecule has 0 saturated heterocycles. The van der Waals surface area contributed by atoms with E-state index in [9.17, 15) is 9.59 Å². The number of aryl methyl sites for hydroxylation is 1. The summed E-state index contributed by atoms with van der Waals surface area (Å²) in [7, 11) is 1.57. The molecule has 0 bridgehead atoms. The number of hydrogen-bond donors (Lipinski definition) is 2. The Morgan fingerprint density at radius 1 is 1.42 bits per heavy atom. The highest BCUT2D eigenvalue weighted by molar-refractivity contribution is 5.82. The summed E-state index contributed by atoms with van der Waals surface area (Å²) in [5.74, 6) is -1.09. The number of nitrogens with one attached hydrogen (secondary N) is 1. The van der Waals surface area contributed by atoms with Gasteiger partial charge in [0.15, 0.2) is 0 Å². The molecule has 1 unspecified atom stereocenters. The standard InChI is InChI=1S/C14H19NO4/c1-9-4-5-12(19-3)11(6-9)8-15-14(18)10(2)7-13(16)17/h4-6,10H,7-8H2,1-3H3,(H,15,18)(H,16,17). The Morgan fingerprint density at radius 2 is 2.11 bits per heavy atom. The second-order valence-electron chi connectivity index (χ2n) is 4.53. The Kier molecular flexibility index (Phi) is 5.36. The Morgan fingerprint density at radius 3 is 2.68 bits per heavy atom. The smallest absolute Gasteiger partial charge is 0.304 e. The van der Waals surface area contributed by atoms with E-state index in [4.69, 9.17) is 9.84 Å². The topological polar surface area (TPSA) is 75.6 Å². The van der Waals surface area contributed by atoms with E-state index in [2.05, 4.69) is 5.32 Å². The van der Waals surface area contributed by atoms with Gasteiger partial charge in [-0.15, -0.1) is 0 Å². The monoisotopic (exact) mass is 265 g/mol. The van der Waals surface area contributed by atoms with Crippen molar-refractivity contribution in [3.63, 3.8) is 0 Å². The lowest BCUT2D eigenvalue weighted by atomic mass is 10.1. The van der Waals surface area contributed by atoms with Gasteiger partial charge in [-0.1, -0.05) is 24.6 Å². The number of amides is 1. The van der Waals surface area contributed by atoms with Crippen LogP contribution in [0.4, 0.5) is 0 Å². The zero-order chi connectivity index (χ0) is 14.4. The van der Waals surface area contributed by atoms with Crippen molar-refractivity contribution in [2.24, 2.45) is 5.92 Å². The Bertz CT molecular complexity index is 471. The first-order chi connectivity index (χ1) is 8.93. The van der Waals surface area contributed by atoms with Crippen LogP contribution in [0, 0.1) is 12.8 Å². The summed E-state index contributed by atoms with van der Waals surface area (Å²) in [6.07, 6.45) is -0.170. The van der Waals surface area contributed by atoms with E-state index in [1.54, 1.807) is 14.0 Å². The lowest BCUT2D eigenvalue weighted by Crippen LogP contribution is -2.30. The maximum absolute atomic E-state index is 11.7. The van der Waals surface area contributed by atoms with Gasteiger partial charge in [-0.2, -0.15) is 0 Å². The van der Waals surface area contributed by atoms with E-state index in [-0.39, 0.29) is 12.3 Å². The maximum Gasteiger partial charge on any atom is 0.304 e. The maximum atomic E-state index is 11.7. The van der Waals surface area contributed by atoms with E-state index in [0.717, 1.165) is 11.1 Å². The molecule has 2 N–H and O–H groups in total. The van der Waals surface area contributed by atoms with E-state index in [1.165, 1.54) is 0 Å². The van der Waals surface area contributed by atoms with Crippen LogP contribution in [-0.4, -0.2) is 24.1 Å². The highest BCUT2D eigenvalue weighted by Gasteiger charge is 2.16. The quantitative estimate of drug-likeness (QED) is 0.821. The average Bonchev–Trinajstić information content (AvgIpc) is 2.35. The summed E-state index contributed by atoms with van der Waals surface area (Å²) in [5.41, 5.74) is 1.95. The molecule has 0 saturated carbocycles. The van der Waals surface area contributed by atoms with Crippen LogP contribution in [-0.2, 0) is 16.1 Å². The molecule has 0 aliphatic heterocycles. The fraction of sp³-hybridized carbons (Fsp3) is 0.429. The number of hydrogen-bond acceptors (Lipinski definition) is 3. The van der Waals surface area contributed by atoms with Crippen LogP contribution in [0.5, 0.6) is 5.75 Å². The van der Waals surface area contributed by atoms with Gasteiger partial charge in [0.2, 0.25) is 5.91 Å². The zero-order valence-corrected chi connectivity index (χ0v) is 11.4. The Labute approximate surface area is 112 Å². The molecule has 1 rings (SSSR count). The molecule has 104 valence electrons. The van der Waals surface area contributed by atoms with Crippen molar-refractivity contribution in [2.75, 3.05) is 7.11 Å². The van der Waals surface area contributed by atoms with Crippen LogP contribution in [0.3, 0.4) is 0 Å². The van der Waals surface area contributed by atoms with Gasteiger partial charge >= 0.3 is 5.97 Å². The number of carbonyl (C=O) groups excluding carboxylic acids is 1. The minimum atomic E-state index is -0.976. The van der Waals surface area contributed by atoms with Crippen molar-refractivity contribution < 1.29 is 19.4 Å². The molecule has 1 aromatic rings. The van der Waals surface area contributed by atoms with Gasteiger partial charge in [-0.3, -0.25) is 9.59 Å². The Balaban J connectivity index is 2.63. The van der Waals surface area contributed by atoms with E-state index in [1.807, 2.05) is 25.1 Å². The molecule has 0 aliphatic carbocycles. The number of rotatable bonds is 6. The third kappa shape index (κ3) is 4.62. The molecule has 0 heterocycles. The summed E-state index contributed by atoms with van der Waals surface area (Å²) < 4.78 is 5.21. The largest absolute Gasteiger partial charge is 0.496 e. The van der Waals surface area contributed by atoms with Crippen molar-refractivity contribution in [2.45, 2.75) is 26.8 Å². The number of benzene rings is 1. The number of carboxylic acids is 1. The lowest BCUT2D eigenvalue weighted by molar-refractivity contribution is -0.140. The molecule has 0 aliphatic rings. The third-order valence-electron chi connectivity index (χ3n) is 2.82. The molecule has 0 fully saturated rings. The number of carboxylic acid groups (broad SMARTS) is 1. The fourth-order valence-corrected chi connectivity index (χ4v) is 1.76. The normalized spacial score (nSPS) is 11.7. The summed E-state index contributed by atoms with van der Waals surface area (Å²) >= 11 is 0. The van der Waals surface area contributed by atoms with Crippen molar-refractivity contribution in [1.82, 2.24) is 5.32 Å². The third-order valence-corrected chi connectivity index (χ3v) is 2.82. The van der Waals surface area contributed by atoms with Gasteiger partial charge in [0, 0.05) is 18.0 Å². The lowest BCUT2D eigenvalue weighted by Gasteiger charge is -2.13. The number of methoxy groups -OCH3 is 1. The minimum absolute atomic E-state index is 0.170. The average molecular weight is 265 g/mol.